The molecular formula is C55H37N3O2. The lowest BCUT2D eigenvalue weighted by Crippen LogP contribution is -2.15. The second kappa shape index (κ2) is 13.1. The largest absolute Gasteiger partial charge is 0.449 e. The average Bonchev–Trinajstić information content (AvgIpc) is 3.77. The number of hydrogen-bond acceptors (Lipinski definition) is 4. The summed E-state index contributed by atoms with van der Waals surface area (Å²) in [6.45, 7) is 4.55. The molecule has 0 unspecified atom stereocenters. The van der Waals surface area contributed by atoms with Crippen LogP contribution in [-0.2, 0) is 5.41 Å². The van der Waals surface area contributed by atoms with E-state index >= 15 is 0 Å². The van der Waals surface area contributed by atoms with Gasteiger partial charge in [0.05, 0.1) is 22.4 Å². The molecule has 0 saturated heterocycles. The highest BCUT2D eigenvalue weighted by molar-refractivity contribution is 6.09. The zero-order chi connectivity index (χ0) is 40.0. The van der Waals surface area contributed by atoms with Crippen LogP contribution in [0, 0.1) is 0 Å². The number of hydrogen-bond donors (Lipinski definition) is 0. The van der Waals surface area contributed by atoms with Crippen molar-refractivity contribution in [2.45, 2.75) is 19.3 Å². The molecule has 0 amide bonds. The summed E-state index contributed by atoms with van der Waals surface area (Å²) in [7, 11) is 0. The van der Waals surface area contributed by atoms with E-state index in [9.17, 15) is 0 Å². The van der Waals surface area contributed by atoms with E-state index in [0.717, 1.165) is 62.0 Å². The maximum atomic E-state index is 6.73. The van der Waals surface area contributed by atoms with Crippen LogP contribution in [0.1, 0.15) is 25.0 Å². The van der Waals surface area contributed by atoms with Crippen LogP contribution in [0.4, 0.5) is 0 Å². The highest BCUT2D eigenvalue weighted by Crippen LogP contribution is 2.58. The second-order valence-electron chi connectivity index (χ2n) is 16.1. The van der Waals surface area contributed by atoms with Gasteiger partial charge in [0.1, 0.15) is 0 Å². The van der Waals surface area contributed by atoms with Crippen LogP contribution >= 0.6 is 0 Å². The van der Waals surface area contributed by atoms with Crippen LogP contribution in [0.25, 0.3) is 83.6 Å². The lowest BCUT2D eigenvalue weighted by molar-refractivity contribution is 0.360. The molecule has 3 heterocycles. The fourth-order valence-electron chi connectivity index (χ4n) is 9.38. The molecule has 0 saturated carbocycles. The maximum Gasteiger partial charge on any atom is 0.178 e. The first-order chi connectivity index (χ1) is 29.5. The Morgan fingerprint density at radius 2 is 1.05 bits per heavy atom. The first-order valence-corrected chi connectivity index (χ1v) is 20.4. The Balaban J connectivity index is 0.936. The average molecular weight is 772 g/mol. The predicted octanol–water partition coefficient (Wildman–Crippen LogP) is 14.4. The molecule has 2 aliphatic rings. The summed E-state index contributed by atoms with van der Waals surface area (Å²) in [5.74, 6) is 3.52. The molecule has 0 fully saturated rings. The Bertz CT molecular complexity index is 3290. The monoisotopic (exact) mass is 771 g/mol. The van der Waals surface area contributed by atoms with Gasteiger partial charge in [0.2, 0.25) is 0 Å². The van der Waals surface area contributed by atoms with Crippen molar-refractivity contribution in [1.29, 1.82) is 0 Å². The van der Waals surface area contributed by atoms with Gasteiger partial charge in [0.15, 0.2) is 28.8 Å². The molecule has 60 heavy (non-hydrogen) atoms. The summed E-state index contributed by atoms with van der Waals surface area (Å²) in [6.07, 6.45) is 0. The normalized spacial score (nSPS) is 13.2. The van der Waals surface area contributed by atoms with Gasteiger partial charge in [-0.1, -0.05) is 141 Å². The molecule has 2 aromatic heterocycles. The van der Waals surface area contributed by atoms with Crippen LogP contribution in [0.15, 0.2) is 188 Å². The quantitative estimate of drug-likeness (QED) is 0.175. The standard InChI is InChI=1S/C55H37N3O2/c1-55(2)43-21-11-8-20-42(43)52-44(55)29-31-50-53(52)60-49-30-26-36(32-51(49)59-50)38-16-6-7-17-39(38)46-33-45(34-14-4-3-5-15-34)56-54(57-46)35-24-27-37(28-25-35)58-47-22-12-9-18-40(47)41-19-10-13-23-48(41)58/h3-33H,1-2H3. The molecule has 5 heteroatoms. The first-order valence-electron chi connectivity index (χ1n) is 20.4. The number of ether oxygens (including phenoxy) is 2. The van der Waals surface area contributed by atoms with E-state index in [1.165, 1.54) is 38.5 Å². The minimum atomic E-state index is -0.129. The summed E-state index contributed by atoms with van der Waals surface area (Å²) >= 11 is 0. The molecule has 5 nitrogen and oxygen atoms in total. The third-order valence-electron chi connectivity index (χ3n) is 12.3. The van der Waals surface area contributed by atoms with Gasteiger partial charge >= 0.3 is 0 Å². The van der Waals surface area contributed by atoms with E-state index in [1.807, 2.05) is 30.3 Å². The van der Waals surface area contributed by atoms with Crippen molar-refractivity contribution >= 4 is 21.8 Å². The number of benzene rings is 8. The molecule has 10 aromatic rings. The Morgan fingerprint density at radius 1 is 0.433 bits per heavy atom. The third-order valence-corrected chi connectivity index (χ3v) is 12.3. The molecule has 12 rings (SSSR count). The van der Waals surface area contributed by atoms with E-state index in [-0.39, 0.29) is 5.41 Å². The lowest BCUT2D eigenvalue weighted by Gasteiger charge is -2.25. The van der Waals surface area contributed by atoms with Gasteiger partial charge in [-0.05, 0) is 88.5 Å². The zero-order valence-electron chi connectivity index (χ0n) is 33.1. The van der Waals surface area contributed by atoms with Crippen LogP contribution in [-0.4, -0.2) is 14.5 Å². The van der Waals surface area contributed by atoms with Crippen LogP contribution in [0.5, 0.6) is 23.0 Å². The van der Waals surface area contributed by atoms with Gasteiger partial charge in [-0.25, -0.2) is 9.97 Å². The van der Waals surface area contributed by atoms with Crippen LogP contribution in [0.3, 0.4) is 0 Å². The van der Waals surface area contributed by atoms with E-state index < -0.39 is 0 Å². The Hall–Kier alpha value is -7.76. The summed E-state index contributed by atoms with van der Waals surface area (Å²) in [5, 5.41) is 2.47. The van der Waals surface area contributed by atoms with Gasteiger partial charge in [0, 0.05) is 44.1 Å². The number of para-hydroxylation sites is 2. The maximum absolute atomic E-state index is 6.73. The van der Waals surface area contributed by atoms with Crippen LogP contribution < -0.4 is 9.47 Å². The van der Waals surface area contributed by atoms with Crippen molar-refractivity contribution < 1.29 is 9.47 Å². The van der Waals surface area contributed by atoms with Gasteiger partial charge in [-0.2, -0.15) is 0 Å². The third kappa shape index (κ3) is 5.26. The molecule has 284 valence electrons. The lowest BCUT2D eigenvalue weighted by atomic mass is 9.82. The van der Waals surface area contributed by atoms with Crippen molar-refractivity contribution in [3.63, 3.8) is 0 Å². The highest BCUT2D eigenvalue weighted by Gasteiger charge is 2.39. The van der Waals surface area contributed by atoms with Crippen molar-refractivity contribution in [2.24, 2.45) is 0 Å². The summed E-state index contributed by atoms with van der Waals surface area (Å²) in [4.78, 5) is 10.5. The van der Waals surface area contributed by atoms with E-state index in [2.05, 4.69) is 176 Å². The minimum Gasteiger partial charge on any atom is -0.449 e. The molecule has 8 aromatic carbocycles. The van der Waals surface area contributed by atoms with Gasteiger partial charge < -0.3 is 14.0 Å². The van der Waals surface area contributed by atoms with Gasteiger partial charge in [-0.3, -0.25) is 0 Å². The number of aromatic nitrogens is 3. The number of rotatable bonds is 5. The Kier molecular flexibility index (Phi) is 7.51. The van der Waals surface area contributed by atoms with Gasteiger partial charge in [-0.15, -0.1) is 0 Å². The second-order valence-corrected chi connectivity index (χ2v) is 16.1. The minimum absolute atomic E-state index is 0.129. The zero-order valence-corrected chi connectivity index (χ0v) is 33.1. The molecule has 0 atom stereocenters. The molecule has 0 spiro atoms. The highest BCUT2D eigenvalue weighted by atomic mass is 16.6. The summed E-state index contributed by atoms with van der Waals surface area (Å²) < 4.78 is 15.7. The Labute approximate surface area is 347 Å². The molecule has 1 aliphatic carbocycles. The Morgan fingerprint density at radius 3 is 1.82 bits per heavy atom. The molecule has 0 N–H and O–H groups in total. The molecular weight excluding hydrogens is 735 g/mol. The van der Waals surface area contributed by atoms with Crippen molar-refractivity contribution in [3.8, 4) is 84.8 Å². The SMILES string of the molecule is CC1(C)c2ccccc2-c2c1ccc1c2Oc2ccc(-c3ccccc3-c3cc(-c4ccccc4)nc(-c4ccc(-n5c6ccccc6c6ccccc65)cc4)n3)cc2O1. The molecule has 1 aliphatic heterocycles. The topological polar surface area (TPSA) is 49.2 Å². The molecule has 0 bridgehead atoms. The number of fused-ring (bicyclic) bond motifs is 9. The smallest absolute Gasteiger partial charge is 0.178 e. The number of nitrogens with zero attached hydrogens (tertiary/aromatic N) is 3. The van der Waals surface area contributed by atoms with E-state index in [1.54, 1.807) is 0 Å². The van der Waals surface area contributed by atoms with E-state index in [0.29, 0.717) is 17.3 Å². The first kappa shape index (κ1) is 34.3. The fourth-order valence-corrected chi connectivity index (χ4v) is 9.38. The van der Waals surface area contributed by atoms with Crippen molar-refractivity contribution in [2.75, 3.05) is 0 Å². The van der Waals surface area contributed by atoms with E-state index in [4.69, 9.17) is 19.4 Å². The summed E-state index contributed by atoms with van der Waals surface area (Å²) in [6, 6.07) is 65.7. The predicted molar refractivity (Wildman–Crippen MR) is 242 cm³/mol. The van der Waals surface area contributed by atoms with Gasteiger partial charge in [0.25, 0.3) is 0 Å². The van der Waals surface area contributed by atoms with Crippen molar-refractivity contribution in [1.82, 2.24) is 14.5 Å². The fraction of sp³-hybridized carbons (Fsp3) is 0.0545. The summed E-state index contributed by atoms with van der Waals surface area (Å²) in [5.41, 5.74) is 14.8. The molecule has 0 radical (unpaired) electrons. The van der Waals surface area contributed by atoms with Crippen LogP contribution in [0.2, 0.25) is 0 Å². The van der Waals surface area contributed by atoms with Crippen molar-refractivity contribution in [3.05, 3.63) is 199 Å².